The van der Waals surface area contributed by atoms with Gasteiger partial charge in [-0.3, -0.25) is 0 Å². The van der Waals surface area contributed by atoms with E-state index in [9.17, 15) is 9.65 Å². The number of benzene rings is 2. The van der Waals surface area contributed by atoms with Gasteiger partial charge in [-0.1, -0.05) is 18.2 Å². The van der Waals surface area contributed by atoms with E-state index in [4.69, 9.17) is 4.74 Å². The molecule has 0 aliphatic heterocycles. The fourth-order valence-electron chi connectivity index (χ4n) is 2.82. The molecule has 0 radical (unpaired) electrons. The Morgan fingerprint density at radius 3 is 2.81 bits per heavy atom. The monoisotopic (exact) mass is 282 g/mol. The molecule has 0 heterocycles. The Bertz CT molecular complexity index is 723. The molecule has 1 unspecified atom stereocenters. The molecule has 1 atom stereocenters. The molecule has 0 bridgehead atoms. The lowest BCUT2D eigenvalue weighted by atomic mass is 9.92. The number of hydrogen-bond donors (Lipinski definition) is 1. The van der Waals surface area contributed by atoms with Crippen LogP contribution in [-0.2, 0) is 12.0 Å². The normalized spacial score (nSPS) is 19.7. The Morgan fingerprint density at radius 1 is 1.29 bits per heavy atom. The van der Waals surface area contributed by atoms with E-state index in [-0.39, 0.29) is 5.82 Å². The fraction of sp³-hybridized carbons (Fsp3) is 0.235. The molecule has 0 amide bonds. The summed E-state index contributed by atoms with van der Waals surface area (Å²) in [6.07, 6.45) is 1.40. The van der Waals surface area contributed by atoms with Crippen molar-refractivity contribution in [2.45, 2.75) is 18.4 Å². The summed E-state index contributed by atoms with van der Waals surface area (Å²) >= 11 is 0. The van der Waals surface area contributed by atoms with E-state index in [0.717, 1.165) is 17.5 Å². The van der Waals surface area contributed by atoms with Gasteiger partial charge in [-0.05, 0) is 48.2 Å². The molecule has 0 fully saturated rings. The van der Waals surface area contributed by atoms with Crippen LogP contribution >= 0.6 is 0 Å². The highest BCUT2D eigenvalue weighted by atomic mass is 19.1. The van der Waals surface area contributed by atoms with E-state index >= 15 is 0 Å². The van der Waals surface area contributed by atoms with Crippen LogP contribution in [0.3, 0.4) is 0 Å². The van der Waals surface area contributed by atoms with Gasteiger partial charge in [-0.2, -0.15) is 5.26 Å². The van der Waals surface area contributed by atoms with E-state index in [2.05, 4.69) is 11.4 Å². The fourth-order valence-corrected chi connectivity index (χ4v) is 2.82. The van der Waals surface area contributed by atoms with Crippen molar-refractivity contribution in [2.24, 2.45) is 0 Å². The number of aryl methyl sites for hydroxylation is 1. The maximum atomic E-state index is 13.9. The lowest BCUT2D eigenvalue weighted by molar-refractivity contribution is 0.413. The van der Waals surface area contributed by atoms with Crippen LogP contribution in [0, 0.1) is 17.1 Å². The van der Waals surface area contributed by atoms with E-state index in [1.54, 1.807) is 25.3 Å². The number of nitrogens with zero attached hydrogens (tertiary/aromatic N) is 1. The zero-order valence-electron chi connectivity index (χ0n) is 11.7. The second-order valence-electron chi connectivity index (χ2n) is 5.15. The summed E-state index contributed by atoms with van der Waals surface area (Å²) in [6.45, 7) is 0. The van der Waals surface area contributed by atoms with E-state index in [1.807, 2.05) is 18.2 Å². The number of rotatable bonds is 3. The molecule has 106 valence electrons. The Kier molecular flexibility index (Phi) is 3.26. The molecule has 0 saturated carbocycles. The second kappa shape index (κ2) is 5.10. The molecule has 0 spiro atoms. The number of hydrogen-bond acceptors (Lipinski definition) is 3. The molecule has 0 aromatic heterocycles. The Morgan fingerprint density at radius 2 is 2.10 bits per heavy atom. The molecular weight excluding hydrogens is 267 g/mol. The first-order valence-electron chi connectivity index (χ1n) is 6.80. The predicted molar refractivity (Wildman–Crippen MR) is 78.6 cm³/mol. The van der Waals surface area contributed by atoms with Gasteiger partial charge in [-0.15, -0.1) is 0 Å². The largest absolute Gasteiger partial charge is 0.497 e. The number of methoxy groups -OCH3 is 1. The third-order valence-corrected chi connectivity index (χ3v) is 3.96. The molecule has 1 N–H and O–H groups in total. The van der Waals surface area contributed by atoms with E-state index in [1.165, 1.54) is 6.07 Å². The molecule has 1 aliphatic rings. The standard InChI is InChI=1S/C17H15FN2O/c1-21-13-7-6-12-8-9-17(11-19,14(12)10-13)20-16-5-3-2-4-15(16)18/h2-7,10,20H,8-9H2,1H3. The van der Waals surface area contributed by atoms with Crippen LogP contribution in [0.1, 0.15) is 17.5 Å². The summed E-state index contributed by atoms with van der Waals surface area (Å²) in [5.74, 6) is 0.342. The van der Waals surface area contributed by atoms with Crippen molar-refractivity contribution in [3.05, 3.63) is 59.4 Å². The molecule has 4 heteroatoms. The first-order chi connectivity index (χ1) is 10.2. The number of ether oxygens (including phenoxy) is 1. The van der Waals surface area contributed by atoms with Crippen molar-refractivity contribution >= 4 is 5.69 Å². The summed E-state index contributed by atoms with van der Waals surface area (Å²) in [5.41, 5.74) is 1.40. The zero-order chi connectivity index (χ0) is 14.9. The van der Waals surface area contributed by atoms with Crippen LogP contribution in [0.25, 0.3) is 0 Å². The molecule has 21 heavy (non-hydrogen) atoms. The van der Waals surface area contributed by atoms with Crippen molar-refractivity contribution in [3.8, 4) is 11.8 Å². The third-order valence-electron chi connectivity index (χ3n) is 3.96. The van der Waals surface area contributed by atoms with Gasteiger partial charge in [-0.25, -0.2) is 4.39 Å². The first-order valence-corrected chi connectivity index (χ1v) is 6.80. The highest BCUT2D eigenvalue weighted by molar-refractivity contribution is 5.57. The number of halogens is 1. The smallest absolute Gasteiger partial charge is 0.151 e. The van der Waals surface area contributed by atoms with Crippen LogP contribution in [-0.4, -0.2) is 7.11 Å². The second-order valence-corrected chi connectivity index (χ2v) is 5.15. The van der Waals surface area contributed by atoms with Gasteiger partial charge in [0.05, 0.1) is 18.9 Å². The third kappa shape index (κ3) is 2.21. The maximum Gasteiger partial charge on any atom is 0.151 e. The van der Waals surface area contributed by atoms with Crippen molar-refractivity contribution in [1.29, 1.82) is 5.26 Å². The lowest BCUT2D eigenvalue weighted by Crippen LogP contribution is -2.31. The van der Waals surface area contributed by atoms with E-state index < -0.39 is 5.54 Å². The van der Waals surface area contributed by atoms with Gasteiger partial charge in [0.1, 0.15) is 11.6 Å². The van der Waals surface area contributed by atoms with Gasteiger partial charge in [0.15, 0.2) is 5.54 Å². The molecule has 2 aromatic rings. The van der Waals surface area contributed by atoms with Crippen molar-refractivity contribution in [1.82, 2.24) is 0 Å². The molecule has 2 aromatic carbocycles. The number of nitrogens with one attached hydrogen (secondary N) is 1. The molecular formula is C17H15FN2O. The first kappa shape index (κ1) is 13.4. The van der Waals surface area contributed by atoms with Gasteiger partial charge in [0.2, 0.25) is 0 Å². The van der Waals surface area contributed by atoms with Gasteiger partial charge >= 0.3 is 0 Å². The van der Waals surface area contributed by atoms with Crippen LogP contribution in [0.15, 0.2) is 42.5 Å². The zero-order valence-corrected chi connectivity index (χ0v) is 11.7. The number of fused-ring (bicyclic) bond motifs is 1. The molecule has 3 rings (SSSR count). The van der Waals surface area contributed by atoms with Crippen LogP contribution in [0.2, 0.25) is 0 Å². The minimum Gasteiger partial charge on any atom is -0.497 e. The van der Waals surface area contributed by atoms with Gasteiger partial charge in [0.25, 0.3) is 0 Å². The SMILES string of the molecule is COc1ccc2c(c1)C(C#N)(Nc1ccccc1F)CC2. The van der Waals surface area contributed by atoms with Crippen LogP contribution in [0.5, 0.6) is 5.75 Å². The Balaban J connectivity index is 2.05. The van der Waals surface area contributed by atoms with E-state index in [0.29, 0.717) is 17.9 Å². The topological polar surface area (TPSA) is 45.0 Å². The van der Waals surface area contributed by atoms with Crippen LogP contribution in [0.4, 0.5) is 10.1 Å². The Hall–Kier alpha value is -2.54. The minimum atomic E-state index is -0.911. The number of para-hydroxylation sites is 1. The quantitative estimate of drug-likeness (QED) is 0.935. The number of anilines is 1. The Labute approximate surface area is 123 Å². The summed E-state index contributed by atoms with van der Waals surface area (Å²) in [7, 11) is 1.59. The van der Waals surface area contributed by atoms with Gasteiger partial charge < -0.3 is 10.1 Å². The highest BCUT2D eigenvalue weighted by Gasteiger charge is 2.39. The number of nitriles is 1. The van der Waals surface area contributed by atoms with Gasteiger partial charge in [0, 0.05) is 0 Å². The van der Waals surface area contributed by atoms with Crippen LogP contribution < -0.4 is 10.1 Å². The predicted octanol–water partition coefficient (Wildman–Crippen LogP) is 3.61. The van der Waals surface area contributed by atoms with Crippen molar-refractivity contribution < 1.29 is 9.13 Å². The van der Waals surface area contributed by atoms with Crippen molar-refractivity contribution in [2.75, 3.05) is 12.4 Å². The molecule has 0 saturated heterocycles. The highest BCUT2D eigenvalue weighted by Crippen LogP contribution is 2.41. The average Bonchev–Trinajstić information content (AvgIpc) is 2.88. The summed E-state index contributed by atoms with van der Waals surface area (Å²) in [6, 6.07) is 14.4. The maximum absolute atomic E-state index is 13.9. The molecule has 3 nitrogen and oxygen atoms in total. The summed E-state index contributed by atoms with van der Waals surface area (Å²) in [4.78, 5) is 0. The summed E-state index contributed by atoms with van der Waals surface area (Å²) in [5, 5.41) is 12.8. The molecule has 1 aliphatic carbocycles. The lowest BCUT2D eigenvalue weighted by Gasteiger charge is -2.25. The van der Waals surface area contributed by atoms with Crippen molar-refractivity contribution in [3.63, 3.8) is 0 Å². The summed E-state index contributed by atoms with van der Waals surface area (Å²) < 4.78 is 19.1. The minimum absolute atomic E-state index is 0.342. The average molecular weight is 282 g/mol.